The lowest BCUT2D eigenvalue weighted by molar-refractivity contribution is -0.114. The number of halogens is 1. The zero-order chi connectivity index (χ0) is 20.6. The van der Waals surface area contributed by atoms with Gasteiger partial charge in [-0.25, -0.2) is 12.7 Å². The van der Waals surface area contributed by atoms with Crippen molar-refractivity contribution in [1.82, 2.24) is 14.1 Å². The molecule has 158 valence electrons. The molecule has 2 aliphatic heterocycles. The number of nitrogens with one attached hydrogen (secondary N) is 1. The molecule has 29 heavy (non-hydrogen) atoms. The van der Waals surface area contributed by atoms with Crippen molar-refractivity contribution in [3.63, 3.8) is 0 Å². The Bertz CT molecular complexity index is 924. The quantitative estimate of drug-likeness (QED) is 0.773. The van der Waals surface area contributed by atoms with E-state index in [1.165, 1.54) is 48.7 Å². The molecule has 10 heteroatoms. The van der Waals surface area contributed by atoms with E-state index in [0.717, 1.165) is 26.2 Å². The molecule has 3 aliphatic rings. The molecule has 0 aromatic heterocycles. The van der Waals surface area contributed by atoms with Crippen molar-refractivity contribution in [2.75, 3.05) is 44.6 Å². The highest BCUT2D eigenvalue weighted by Crippen LogP contribution is 2.29. The molecule has 0 spiro atoms. The minimum absolute atomic E-state index is 0.0966. The Balaban J connectivity index is 1.49. The minimum Gasteiger partial charge on any atom is -0.339 e. The topological polar surface area (TPSA) is 85.3 Å². The van der Waals surface area contributed by atoms with E-state index < -0.39 is 10.0 Å². The highest BCUT2D eigenvalue weighted by molar-refractivity contribution is 7.89. The number of sulfonamides is 1. The predicted molar refractivity (Wildman–Crippen MR) is 113 cm³/mol. The summed E-state index contributed by atoms with van der Waals surface area (Å²) in [4.78, 5) is 20.4. The summed E-state index contributed by atoms with van der Waals surface area (Å²) in [6, 6.07) is 5.07. The number of anilines is 1. The molecule has 0 unspecified atom stereocenters. The van der Waals surface area contributed by atoms with Crippen molar-refractivity contribution in [2.45, 2.75) is 37.1 Å². The Morgan fingerprint density at radius 1 is 1.17 bits per heavy atom. The van der Waals surface area contributed by atoms with Gasteiger partial charge in [-0.05, 0) is 31.0 Å². The number of carbonyl (C=O) groups excluding carboxylic acids is 1. The number of nitrogens with zero attached hydrogens (tertiary/aromatic N) is 4. The van der Waals surface area contributed by atoms with E-state index in [4.69, 9.17) is 11.6 Å². The number of piperazine rings is 1. The SMILES string of the molecule is CC(=O)Nc1ccc(S(=O)(=O)N2CCN=C2N2CCN(C3CCC3)CC2)cc1Cl. The van der Waals surface area contributed by atoms with E-state index >= 15 is 0 Å². The largest absolute Gasteiger partial charge is 0.339 e. The number of aliphatic imine (C=N–C) groups is 1. The standard InChI is InChI=1S/C19H26ClN5O3S/c1-14(26)22-18-6-5-16(13-17(18)20)29(27,28)25-8-7-21-19(25)24-11-9-23(10-12-24)15-3-2-4-15/h5-6,13,15H,2-4,7-12H2,1H3,(H,22,26). The molecule has 2 heterocycles. The first-order chi connectivity index (χ1) is 13.9. The summed E-state index contributed by atoms with van der Waals surface area (Å²) in [5, 5.41) is 2.78. The molecule has 1 saturated carbocycles. The third-order valence-corrected chi connectivity index (χ3v) is 7.90. The smallest absolute Gasteiger partial charge is 0.266 e. The number of hydrogen-bond donors (Lipinski definition) is 1. The Labute approximate surface area is 176 Å². The van der Waals surface area contributed by atoms with Crippen LogP contribution in [-0.2, 0) is 14.8 Å². The maximum Gasteiger partial charge on any atom is 0.266 e. The summed E-state index contributed by atoms with van der Waals surface area (Å²) < 4.78 is 27.9. The molecular formula is C19H26ClN5O3S. The fraction of sp³-hybridized carbons (Fsp3) is 0.579. The molecule has 2 fully saturated rings. The molecule has 1 aromatic rings. The summed E-state index contributed by atoms with van der Waals surface area (Å²) in [5.41, 5.74) is 0.389. The van der Waals surface area contributed by atoms with Crippen LogP contribution in [0.5, 0.6) is 0 Å². The van der Waals surface area contributed by atoms with Crippen LogP contribution in [0.4, 0.5) is 5.69 Å². The van der Waals surface area contributed by atoms with Gasteiger partial charge in [0.05, 0.1) is 28.7 Å². The molecule has 4 rings (SSSR count). The Kier molecular flexibility index (Phi) is 5.72. The summed E-state index contributed by atoms with van der Waals surface area (Å²) in [5.74, 6) is 0.262. The van der Waals surface area contributed by atoms with Gasteiger partial charge in [0, 0.05) is 39.1 Å². The Morgan fingerprint density at radius 2 is 1.90 bits per heavy atom. The van der Waals surface area contributed by atoms with Gasteiger partial charge in [-0.1, -0.05) is 18.0 Å². The zero-order valence-corrected chi connectivity index (χ0v) is 18.0. The average Bonchev–Trinajstić information content (AvgIpc) is 3.13. The number of hydrogen-bond acceptors (Lipinski definition) is 6. The van der Waals surface area contributed by atoms with Gasteiger partial charge in [0.25, 0.3) is 10.0 Å². The van der Waals surface area contributed by atoms with E-state index in [-0.39, 0.29) is 15.8 Å². The molecule has 1 amide bonds. The second-order valence-electron chi connectivity index (χ2n) is 7.69. The van der Waals surface area contributed by atoms with Gasteiger partial charge < -0.3 is 10.2 Å². The van der Waals surface area contributed by atoms with Crippen molar-refractivity contribution in [2.24, 2.45) is 4.99 Å². The average molecular weight is 440 g/mol. The van der Waals surface area contributed by atoms with Gasteiger partial charge in [-0.2, -0.15) is 0 Å². The van der Waals surface area contributed by atoms with Crippen molar-refractivity contribution < 1.29 is 13.2 Å². The van der Waals surface area contributed by atoms with E-state index in [1.807, 2.05) is 0 Å². The zero-order valence-electron chi connectivity index (χ0n) is 16.5. The monoisotopic (exact) mass is 439 g/mol. The van der Waals surface area contributed by atoms with Gasteiger partial charge >= 0.3 is 0 Å². The van der Waals surface area contributed by atoms with Crippen LogP contribution < -0.4 is 5.32 Å². The third kappa shape index (κ3) is 4.08. The van der Waals surface area contributed by atoms with Crippen LogP contribution in [0.1, 0.15) is 26.2 Å². The molecule has 1 aliphatic carbocycles. The first-order valence-electron chi connectivity index (χ1n) is 9.99. The Hall–Kier alpha value is -1.84. The van der Waals surface area contributed by atoms with Crippen LogP contribution in [0.3, 0.4) is 0 Å². The maximum absolute atomic E-state index is 13.3. The summed E-state index contributed by atoms with van der Waals surface area (Å²) in [6.07, 6.45) is 3.86. The normalized spacial score (nSPS) is 21.1. The first kappa shape index (κ1) is 20.4. The number of carbonyl (C=O) groups is 1. The fourth-order valence-corrected chi connectivity index (χ4v) is 5.78. The predicted octanol–water partition coefficient (Wildman–Crippen LogP) is 1.83. The van der Waals surface area contributed by atoms with E-state index in [2.05, 4.69) is 20.1 Å². The van der Waals surface area contributed by atoms with Crippen LogP contribution in [-0.4, -0.2) is 79.7 Å². The molecule has 0 atom stereocenters. The van der Waals surface area contributed by atoms with Crippen LogP contribution in [0.25, 0.3) is 0 Å². The van der Waals surface area contributed by atoms with Crippen molar-refractivity contribution >= 4 is 39.2 Å². The third-order valence-electron chi connectivity index (χ3n) is 5.81. The molecule has 1 aromatic carbocycles. The maximum atomic E-state index is 13.3. The number of amides is 1. The molecular weight excluding hydrogens is 414 g/mol. The van der Waals surface area contributed by atoms with Gasteiger partial charge in [0.2, 0.25) is 11.9 Å². The van der Waals surface area contributed by atoms with Gasteiger partial charge in [-0.15, -0.1) is 0 Å². The molecule has 8 nitrogen and oxygen atoms in total. The van der Waals surface area contributed by atoms with E-state index in [0.29, 0.717) is 30.8 Å². The highest BCUT2D eigenvalue weighted by Gasteiger charge is 2.36. The second kappa shape index (κ2) is 8.12. The summed E-state index contributed by atoms with van der Waals surface area (Å²) in [6.45, 7) is 5.59. The first-order valence-corrected chi connectivity index (χ1v) is 11.8. The second-order valence-corrected chi connectivity index (χ2v) is 9.96. The lowest BCUT2D eigenvalue weighted by Gasteiger charge is -2.44. The van der Waals surface area contributed by atoms with Crippen LogP contribution >= 0.6 is 11.6 Å². The molecule has 0 bridgehead atoms. The lowest BCUT2D eigenvalue weighted by atomic mass is 9.91. The van der Waals surface area contributed by atoms with Crippen molar-refractivity contribution in [1.29, 1.82) is 0 Å². The number of guanidine groups is 1. The minimum atomic E-state index is -3.78. The van der Waals surface area contributed by atoms with E-state index in [9.17, 15) is 13.2 Å². The number of benzene rings is 1. The Morgan fingerprint density at radius 3 is 2.48 bits per heavy atom. The highest BCUT2D eigenvalue weighted by atomic mass is 35.5. The van der Waals surface area contributed by atoms with Crippen LogP contribution in [0.2, 0.25) is 5.02 Å². The van der Waals surface area contributed by atoms with Gasteiger partial charge in [-0.3, -0.25) is 14.7 Å². The van der Waals surface area contributed by atoms with Crippen LogP contribution in [0, 0.1) is 0 Å². The fourth-order valence-electron chi connectivity index (χ4n) is 4.02. The van der Waals surface area contributed by atoms with Crippen molar-refractivity contribution in [3.05, 3.63) is 23.2 Å². The van der Waals surface area contributed by atoms with E-state index in [1.54, 1.807) is 0 Å². The van der Waals surface area contributed by atoms with Gasteiger partial charge in [0.15, 0.2) is 0 Å². The van der Waals surface area contributed by atoms with Gasteiger partial charge in [0.1, 0.15) is 0 Å². The van der Waals surface area contributed by atoms with Crippen molar-refractivity contribution in [3.8, 4) is 0 Å². The summed E-state index contributed by atoms with van der Waals surface area (Å²) in [7, 11) is -3.78. The molecule has 1 saturated heterocycles. The lowest BCUT2D eigenvalue weighted by Crippen LogP contribution is -2.56. The van der Waals surface area contributed by atoms with Crippen LogP contribution in [0.15, 0.2) is 28.1 Å². The number of rotatable bonds is 4. The summed E-state index contributed by atoms with van der Waals surface area (Å²) >= 11 is 6.19. The molecule has 1 N–H and O–H groups in total. The molecule has 0 radical (unpaired) electrons.